The van der Waals surface area contributed by atoms with Crippen LogP contribution < -0.4 is 14.8 Å². The third-order valence-corrected chi connectivity index (χ3v) is 4.38. The van der Waals surface area contributed by atoms with Crippen molar-refractivity contribution in [3.63, 3.8) is 0 Å². The van der Waals surface area contributed by atoms with Gasteiger partial charge in [0, 0.05) is 6.54 Å². The zero-order chi connectivity index (χ0) is 19.1. The maximum Gasteiger partial charge on any atom is 0.262 e. The number of phenolic OH excluding ortho intramolecular Hbond substituents is 1. The number of nitrogens with one attached hydrogen (secondary N) is 1. The van der Waals surface area contributed by atoms with Crippen molar-refractivity contribution in [2.45, 2.75) is 6.54 Å². The standard InChI is InChI=1S/C19H17IN2O4/c1-25-15-5-3-12(4-6-15)11-22-19(24)14(10-21)7-13-8-16(20)18(23)17(9-13)26-2/h3-9,23H,11H2,1-2H3,(H,22,24)/b14-7-. The predicted molar refractivity (Wildman–Crippen MR) is 106 cm³/mol. The molecule has 0 atom stereocenters. The molecule has 7 heteroatoms. The van der Waals surface area contributed by atoms with Crippen molar-refractivity contribution < 1.29 is 19.4 Å². The molecule has 0 aliphatic rings. The summed E-state index contributed by atoms with van der Waals surface area (Å²) in [5.74, 6) is 0.547. The highest BCUT2D eigenvalue weighted by Crippen LogP contribution is 2.33. The fourth-order valence-corrected chi connectivity index (χ4v) is 2.79. The number of halogens is 1. The minimum atomic E-state index is -0.481. The molecule has 26 heavy (non-hydrogen) atoms. The van der Waals surface area contributed by atoms with Crippen molar-refractivity contribution >= 4 is 34.6 Å². The largest absolute Gasteiger partial charge is 0.504 e. The number of amides is 1. The number of ether oxygens (including phenoxy) is 2. The molecule has 0 unspecified atom stereocenters. The first-order chi connectivity index (χ1) is 12.5. The van der Waals surface area contributed by atoms with Gasteiger partial charge in [-0.15, -0.1) is 0 Å². The highest BCUT2D eigenvalue weighted by Gasteiger charge is 2.12. The molecule has 2 aromatic carbocycles. The van der Waals surface area contributed by atoms with Crippen LogP contribution >= 0.6 is 22.6 Å². The van der Waals surface area contributed by atoms with Gasteiger partial charge in [0.25, 0.3) is 5.91 Å². The van der Waals surface area contributed by atoms with Gasteiger partial charge < -0.3 is 19.9 Å². The molecule has 2 rings (SSSR count). The summed E-state index contributed by atoms with van der Waals surface area (Å²) in [6.45, 7) is 0.290. The molecule has 0 saturated heterocycles. The van der Waals surface area contributed by atoms with Gasteiger partial charge in [-0.25, -0.2) is 0 Å². The summed E-state index contributed by atoms with van der Waals surface area (Å²) in [6, 6.07) is 12.4. The predicted octanol–water partition coefficient (Wildman–Crippen LogP) is 3.24. The zero-order valence-electron chi connectivity index (χ0n) is 14.2. The molecule has 0 aliphatic carbocycles. The second kappa shape index (κ2) is 9.10. The van der Waals surface area contributed by atoms with Crippen LogP contribution in [0, 0.1) is 14.9 Å². The third-order valence-electron chi connectivity index (χ3n) is 3.56. The van der Waals surface area contributed by atoms with Crippen LogP contribution in [0.1, 0.15) is 11.1 Å². The molecule has 0 bridgehead atoms. The summed E-state index contributed by atoms with van der Waals surface area (Å²) < 4.78 is 10.7. The van der Waals surface area contributed by atoms with Crippen LogP contribution in [-0.4, -0.2) is 25.2 Å². The van der Waals surface area contributed by atoms with E-state index in [2.05, 4.69) is 5.32 Å². The number of carbonyl (C=O) groups is 1. The SMILES string of the molecule is COc1ccc(CNC(=O)/C(C#N)=C\c2cc(I)c(O)c(OC)c2)cc1. The third kappa shape index (κ3) is 4.89. The van der Waals surface area contributed by atoms with E-state index in [0.717, 1.165) is 11.3 Å². The Bertz CT molecular complexity index is 870. The zero-order valence-corrected chi connectivity index (χ0v) is 16.4. The van der Waals surface area contributed by atoms with Crippen LogP contribution in [0.25, 0.3) is 6.08 Å². The van der Waals surface area contributed by atoms with Crippen LogP contribution in [0.4, 0.5) is 0 Å². The second-order valence-corrected chi connectivity index (χ2v) is 6.42. The van der Waals surface area contributed by atoms with E-state index in [1.54, 1.807) is 31.4 Å². The van der Waals surface area contributed by atoms with Gasteiger partial charge in [-0.2, -0.15) is 5.26 Å². The maximum absolute atomic E-state index is 12.3. The van der Waals surface area contributed by atoms with E-state index in [1.165, 1.54) is 13.2 Å². The van der Waals surface area contributed by atoms with Gasteiger partial charge in [0.05, 0.1) is 17.8 Å². The van der Waals surface area contributed by atoms with E-state index in [4.69, 9.17) is 9.47 Å². The molecule has 0 spiro atoms. The van der Waals surface area contributed by atoms with Crippen molar-refractivity contribution in [2.75, 3.05) is 14.2 Å². The number of phenols is 1. The summed E-state index contributed by atoms with van der Waals surface area (Å²) in [7, 11) is 3.02. The Morgan fingerprint density at radius 3 is 2.54 bits per heavy atom. The summed E-state index contributed by atoms with van der Waals surface area (Å²) in [6.07, 6.45) is 1.45. The molecule has 0 saturated carbocycles. The van der Waals surface area contributed by atoms with Crippen molar-refractivity contribution in [1.82, 2.24) is 5.32 Å². The van der Waals surface area contributed by atoms with Crippen LogP contribution in [0.5, 0.6) is 17.2 Å². The number of hydrogen-bond donors (Lipinski definition) is 2. The van der Waals surface area contributed by atoms with Crippen molar-refractivity contribution in [3.05, 3.63) is 56.7 Å². The number of nitrogens with zero attached hydrogens (tertiary/aromatic N) is 1. The van der Waals surface area contributed by atoms with Crippen molar-refractivity contribution in [1.29, 1.82) is 5.26 Å². The van der Waals surface area contributed by atoms with E-state index >= 15 is 0 Å². The van der Waals surface area contributed by atoms with Crippen LogP contribution in [-0.2, 0) is 11.3 Å². The molecule has 0 aromatic heterocycles. The van der Waals surface area contributed by atoms with E-state index < -0.39 is 5.91 Å². The highest BCUT2D eigenvalue weighted by atomic mass is 127. The fraction of sp³-hybridized carbons (Fsp3) is 0.158. The van der Waals surface area contributed by atoms with Gasteiger partial charge in [-0.1, -0.05) is 12.1 Å². The molecule has 6 nitrogen and oxygen atoms in total. The molecule has 2 N–H and O–H groups in total. The minimum Gasteiger partial charge on any atom is -0.504 e. The lowest BCUT2D eigenvalue weighted by Gasteiger charge is -2.08. The Morgan fingerprint density at radius 2 is 1.96 bits per heavy atom. The lowest BCUT2D eigenvalue weighted by atomic mass is 10.1. The normalized spacial score (nSPS) is 10.8. The fourth-order valence-electron chi connectivity index (χ4n) is 2.17. The number of rotatable bonds is 6. The van der Waals surface area contributed by atoms with Crippen LogP contribution in [0.3, 0.4) is 0 Å². The Labute approximate surface area is 165 Å². The highest BCUT2D eigenvalue weighted by molar-refractivity contribution is 14.1. The number of nitriles is 1. The Balaban J connectivity index is 2.14. The van der Waals surface area contributed by atoms with E-state index in [1.807, 2.05) is 40.8 Å². The van der Waals surface area contributed by atoms with E-state index in [9.17, 15) is 15.2 Å². The van der Waals surface area contributed by atoms with Gasteiger partial charge in [0.1, 0.15) is 17.4 Å². The lowest BCUT2D eigenvalue weighted by molar-refractivity contribution is -0.117. The smallest absolute Gasteiger partial charge is 0.262 e. The quantitative estimate of drug-likeness (QED) is 0.389. The molecule has 0 fully saturated rings. The first-order valence-corrected chi connectivity index (χ1v) is 8.65. The monoisotopic (exact) mass is 464 g/mol. The molecule has 0 aliphatic heterocycles. The molecule has 0 radical (unpaired) electrons. The number of carbonyl (C=O) groups excluding carboxylic acids is 1. The minimum absolute atomic E-state index is 0.0210. The van der Waals surface area contributed by atoms with Crippen LogP contribution in [0.15, 0.2) is 42.0 Å². The van der Waals surface area contributed by atoms with Gasteiger partial charge in [-0.05, 0) is 64.1 Å². The topological polar surface area (TPSA) is 91.6 Å². The number of methoxy groups -OCH3 is 2. The molecule has 2 aromatic rings. The molecular formula is C19H17IN2O4. The van der Waals surface area contributed by atoms with Gasteiger partial charge >= 0.3 is 0 Å². The average Bonchev–Trinajstić information content (AvgIpc) is 2.67. The lowest BCUT2D eigenvalue weighted by Crippen LogP contribution is -2.23. The number of aromatic hydroxyl groups is 1. The van der Waals surface area contributed by atoms with E-state index in [0.29, 0.717) is 9.13 Å². The Hall–Kier alpha value is -2.73. The molecular weight excluding hydrogens is 447 g/mol. The molecule has 1 amide bonds. The first kappa shape index (κ1) is 19.6. The van der Waals surface area contributed by atoms with Crippen molar-refractivity contribution in [3.8, 4) is 23.3 Å². The first-order valence-electron chi connectivity index (χ1n) is 7.58. The number of benzene rings is 2. The Kier molecular flexibility index (Phi) is 6.86. The molecule has 134 valence electrons. The van der Waals surface area contributed by atoms with E-state index in [-0.39, 0.29) is 23.6 Å². The summed E-state index contributed by atoms with van der Waals surface area (Å²) >= 11 is 1.95. The van der Waals surface area contributed by atoms with Gasteiger partial charge in [-0.3, -0.25) is 4.79 Å². The van der Waals surface area contributed by atoms with Gasteiger partial charge in [0.2, 0.25) is 0 Å². The van der Waals surface area contributed by atoms with Crippen LogP contribution in [0.2, 0.25) is 0 Å². The molecule has 0 heterocycles. The second-order valence-electron chi connectivity index (χ2n) is 5.25. The van der Waals surface area contributed by atoms with Crippen molar-refractivity contribution in [2.24, 2.45) is 0 Å². The average molecular weight is 464 g/mol. The maximum atomic E-state index is 12.3. The summed E-state index contributed by atoms with van der Waals surface area (Å²) in [5, 5.41) is 21.9. The van der Waals surface area contributed by atoms with Gasteiger partial charge in [0.15, 0.2) is 11.5 Å². The summed E-state index contributed by atoms with van der Waals surface area (Å²) in [4.78, 5) is 12.3. The Morgan fingerprint density at radius 1 is 1.27 bits per heavy atom. The summed E-state index contributed by atoms with van der Waals surface area (Å²) in [5.41, 5.74) is 1.43. The number of hydrogen-bond acceptors (Lipinski definition) is 5.